The summed E-state index contributed by atoms with van der Waals surface area (Å²) in [4.78, 5) is 24.5. The van der Waals surface area contributed by atoms with Gasteiger partial charge in [-0.25, -0.2) is 4.79 Å². The summed E-state index contributed by atoms with van der Waals surface area (Å²) in [7, 11) is 0. The van der Waals surface area contributed by atoms with Gasteiger partial charge in [-0.15, -0.1) is 10.2 Å². The van der Waals surface area contributed by atoms with E-state index in [1.54, 1.807) is 12.3 Å². The maximum Gasteiger partial charge on any atom is 0.340 e. The first kappa shape index (κ1) is 15.5. The highest BCUT2D eigenvalue weighted by Gasteiger charge is 2.17. The first-order valence-corrected chi connectivity index (χ1v) is 8.41. The van der Waals surface area contributed by atoms with E-state index in [4.69, 9.17) is 8.83 Å². The summed E-state index contributed by atoms with van der Waals surface area (Å²) in [6.07, 6.45) is 1.57. The number of nitrogens with one attached hydrogen (secondary N) is 1. The van der Waals surface area contributed by atoms with Crippen molar-refractivity contribution >= 4 is 44.3 Å². The summed E-state index contributed by atoms with van der Waals surface area (Å²) in [6, 6.07) is 3.63. The van der Waals surface area contributed by atoms with Crippen molar-refractivity contribution in [2.45, 2.75) is 20.3 Å². The van der Waals surface area contributed by atoms with Crippen molar-refractivity contribution in [2.75, 3.05) is 5.32 Å². The van der Waals surface area contributed by atoms with E-state index in [2.05, 4.69) is 15.5 Å². The zero-order valence-corrected chi connectivity index (χ0v) is 14.3. The molecule has 0 aliphatic rings. The third-order valence-electron chi connectivity index (χ3n) is 4.12. The van der Waals surface area contributed by atoms with Crippen molar-refractivity contribution in [2.24, 2.45) is 0 Å². The number of aryl methyl sites for hydroxylation is 2. The minimum absolute atomic E-state index is 0.0912. The molecule has 1 amide bonds. The fourth-order valence-corrected chi connectivity index (χ4v) is 3.25. The van der Waals surface area contributed by atoms with Crippen LogP contribution >= 0.6 is 11.3 Å². The topological polar surface area (TPSA) is 98.2 Å². The van der Waals surface area contributed by atoms with Gasteiger partial charge in [-0.2, -0.15) is 0 Å². The van der Waals surface area contributed by atoms with E-state index in [1.807, 2.05) is 19.9 Å². The first-order valence-electron chi connectivity index (χ1n) is 7.53. The van der Waals surface area contributed by atoms with Crippen molar-refractivity contribution in [3.8, 4) is 0 Å². The second-order valence-corrected chi connectivity index (χ2v) is 6.56. The quantitative estimate of drug-likeness (QED) is 0.567. The summed E-state index contributed by atoms with van der Waals surface area (Å²) in [6.45, 7) is 3.76. The second kappa shape index (κ2) is 5.82. The van der Waals surface area contributed by atoms with Crippen molar-refractivity contribution in [1.29, 1.82) is 0 Å². The van der Waals surface area contributed by atoms with Crippen molar-refractivity contribution in [3.63, 3.8) is 0 Å². The highest BCUT2D eigenvalue weighted by Crippen LogP contribution is 2.28. The summed E-state index contributed by atoms with van der Waals surface area (Å²) in [5.41, 5.74) is 4.14. The van der Waals surface area contributed by atoms with E-state index in [1.165, 1.54) is 16.8 Å². The van der Waals surface area contributed by atoms with Gasteiger partial charge in [-0.05, 0) is 31.0 Å². The number of aromatic nitrogens is 2. The third kappa shape index (κ3) is 2.70. The fourth-order valence-electron chi connectivity index (χ4n) is 2.79. The minimum atomic E-state index is -0.528. The van der Waals surface area contributed by atoms with Gasteiger partial charge in [0.25, 0.3) is 0 Å². The lowest BCUT2D eigenvalue weighted by Crippen LogP contribution is -2.20. The van der Waals surface area contributed by atoms with Gasteiger partial charge in [0, 0.05) is 16.8 Å². The summed E-state index contributed by atoms with van der Waals surface area (Å²) >= 11 is 1.21. The van der Waals surface area contributed by atoms with Crippen LogP contribution in [0, 0.1) is 13.8 Å². The van der Waals surface area contributed by atoms with Crippen molar-refractivity contribution < 1.29 is 13.6 Å². The largest absolute Gasteiger partial charge is 0.464 e. The molecule has 7 nitrogen and oxygen atoms in total. The molecule has 3 heterocycles. The Morgan fingerprint density at radius 2 is 2.08 bits per heavy atom. The van der Waals surface area contributed by atoms with Crippen LogP contribution in [0.3, 0.4) is 0 Å². The number of carbonyl (C=O) groups excluding carboxylic acids is 1. The minimum Gasteiger partial charge on any atom is -0.464 e. The van der Waals surface area contributed by atoms with Gasteiger partial charge in [0.05, 0.1) is 18.2 Å². The normalized spacial score (nSPS) is 11.3. The molecule has 0 unspecified atom stereocenters. The van der Waals surface area contributed by atoms with Crippen LogP contribution in [0.15, 0.2) is 37.5 Å². The lowest BCUT2D eigenvalue weighted by atomic mass is 10.0. The van der Waals surface area contributed by atoms with E-state index in [-0.39, 0.29) is 12.3 Å². The molecule has 4 rings (SSSR count). The predicted octanol–water partition coefficient (Wildman–Crippen LogP) is 3.19. The molecule has 126 valence electrons. The molecule has 0 atom stereocenters. The van der Waals surface area contributed by atoms with Gasteiger partial charge < -0.3 is 14.2 Å². The lowest BCUT2D eigenvalue weighted by Gasteiger charge is -2.07. The van der Waals surface area contributed by atoms with E-state index in [0.717, 1.165) is 21.9 Å². The molecule has 0 radical (unpaired) electrons. The van der Waals surface area contributed by atoms with Crippen LogP contribution in [0.4, 0.5) is 5.13 Å². The Hall–Kier alpha value is -3.00. The van der Waals surface area contributed by atoms with Crippen molar-refractivity contribution in [3.05, 3.63) is 51.0 Å². The van der Waals surface area contributed by atoms with Crippen LogP contribution in [0.25, 0.3) is 21.9 Å². The van der Waals surface area contributed by atoms with Crippen LogP contribution < -0.4 is 10.9 Å². The van der Waals surface area contributed by atoms with Gasteiger partial charge in [0.2, 0.25) is 11.0 Å². The number of benzene rings is 1. The van der Waals surface area contributed by atoms with E-state index in [0.29, 0.717) is 21.9 Å². The zero-order valence-electron chi connectivity index (χ0n) is 13.5. The van der Waals surface area contributed by atoms with Crippen LogP contribution in [0.2, 0.25) is 0 Å². The average molecular weight is 355 g/mol. The van der Waals surface area contributed by atoms with Crippen LogP contribution in [0.1, 0.15) is 16.7 Å². The average Bonchev–Trinajstić information content (AvgIpc) is 3.20. The number of rotatable bonds is 3. The number of hydrogen-bond acceptors (Lipinski definition) is 7. The molecule has 0 aliphatic carbocycles. The number of nitrogens with zero attached hydrogens (tertiary/aromatic N) is 2. The van der Waals surface area contributed by atoms with Crippen LogP contribution in [-0.4, -0.2) is 16.1 Å². The molecule has 4 aromatic rings. The summed E-state index contributed by atoms with van der Waals surface area (Å²) in [5.74, 6) is -0.341. The number of carbonyl (C=O) groups is 1. The molecule has 1 aromatic carbocycles. The monoisotopic (exact) mass is 355 g/mol. The van der Waals surface area contributed by atoms with E-state index < -0.39 is 5.63 Å². The highest BCUT2D eigenvalue weighted by molar-refractivity contribution is 7.13. The number of anilines is 1. The molecular weight excluding hydrogens is 342 g/mol. The number of fused-ring (bicyclic) bond motifs is 2. The van der Waals surface area contributed by atoms with Crippen LogP contribution in [-0.2, 0) is 11.2 Å². The van der Waals surface area contributed by atoms with Gasteiger partial charge in [0.15, 0.2) is 0 Å². The molecule has 0 saturated carbocycles. The molecule has 0 aliphatic heterocycles. The maximum absolute atomic E-state index is 12.3. The molecule has 25 heavy (non-hydrogen) atoms. The number of hydrogen-bond donors (Lipinski definition) is 1. The molecule has 0 saturated heterocycles. The molecule has 0 fully saturated rings. The third-order valence-corrected chi connectivity index (χ3v) is 4.73. The Kier molecular flexibility index (Phi) is 3.61. The van der Waals surface area contributed by atoms with E-state index >= 15 is 0 Å². The Labute approximate surface area is 145 Å². The fraction of sp³-hybridized carbons (Fsp3) is 0.176. The van der Waals surface area contributed by atoms with Crippen LogP contribution in [0.5, 0.6) is 0 Å². The second-order valence-electron chi connectivity index (χ2n) is 5.73. The Morgan fingerprint density at radius 3 is 2.84 bits per heavy atom. The zero-order chi connectivity index (χ0) is 17.6. The smallest absolute Gasteiger partial charge is 0.340 e. The highest BCUT2D eigenvalue weighted by atomic mass is 32.1. The Bertz CT molecular complexity index is 1160. The standard InChI is InChI=1S/C17H13N3O4S/c1-8-6-23-13-5-14-11(3-10(8)13)9(2)12(16(22)24-14)4-15(21)19-17-20-18-7-25-17/h3,5-7H,4H2,1-2H3,(H,19,20,21). The molecule has 0 spiro atoms. The molecule has 0 bridgehead atoms. The molecule has 3 aromatic heterocycles. The van der Waals surface area contributed by atoms with Gasteiger partial charge in [-0.1, -0.05) is 11.3 Å². The predicted molar refractivity (Wildman–Crippen MR) is 94.0 cm³/mol. The van der Waals surface area contributed by atoms with Gasteiger partial charge >= 0.3 is 5.63 Å². The summed E-state index contributed by atoms with van der Waals surface area (Å²) in [5, 5.41) is 12.2. The molecular formula is C17H13N3O4S. The Morgan fingerprint density at radius 1 is 1.24 bits per heavy atom. The van der Waals surface area contributed by atoms with Gasteiger partial charge in [-0.3, -0.25) is 4.79 Å². The Balaban J connectivity index is 1.78. The SMILES string of the molecule is Cc1coc2cc3oc(=O)c(CC(=O)Nc4nncs4)c(C)c3cc12. The number of amides is 1. The van der Waals surface area contributed by atoms with E-state index in [9.17, 15) is 9.59 Å². The summed E-state index contributed by atoms with van der Waals surface area (Å²) < 4.78 is 10.9. The molecule has 1 N–H and O–H groups in total. The lowest BCUT2D eigenvalue weighted by molar-refractivity contribution is -0.115. The maximum atomic E-state index is 12.3. The van der Waals surface area contributed by atoms with Crippen molar-refractivity contribution in [1.82, 2.24) is 10.2 Å². The first-order chi connectivity index (χ1) is 12.0. The number of furan rings is 1. The van der Waals surface area contributed by atoms with Gasteiger partial charge in [0.1, 0.15) is 16.7 Å². The molecule has 8 heteroatoms.